The number of esters is 1. The van der Waals surface area contributed by atoms with Crippen LogP contribution in [0, 0.1) is 5.92 Å². The van der Waals surface area contributed by atoms with Gasteiger partial charge in [-0.3, -0.25) is 19.7 Å². The first-order chi connectivity index (χ1) is 17.1. The Bertz CT molecular complexity index is 1160. The van der Waals surface area contributed by atoms with Crippen LogP contribution in [0.2, 0.25) is 0 Å². The number of ketones is 1. The molecule has 2 unspecified atom stereocenters. The molecule has 0 bridgehead atoms. The van der Waals surface area contributed by atoms with Crippen LogP contribution in [0.5, 0.6) is 5.75 Å². The summed E-state index contributed by atoms with van der Waals surface area (Å²) in [4.78, 5) is 35.0. The van der Waals surface area contributed by atoms with Crippen LogP contribution in [0.1, 0.15) is 44.1 Å². The monoisotopic (exact) mass is 492 g/mol. The van der Waals surface area contributed by atoms with Crippen LogP contribution in [0.25, 0.3) is 11.4 Å². The van der Waals surface area contributed by atoms with Gasteiger partial charge in [-0.15, -0.1) is 5.10 Å². The van der Waals surface area contributed by atoms with Gasteiger partial charge in [0.05, 0.1) is 7.11 Å². The van der Waals surface area contributed by atoms with E-state index in [0.717, 1.165) is 60.7 Å². The second kappa shape index (κ2) is 10.2. The Kier molecular flexibility index (Phi) is 6.86. The lowest BCUT2D eigenvalue weighted by molar-refractivity contribution is -0.177. The zero-order valence-electron chi connectivity index (χ0n) is 19.6. The Morgan fingerprint density at radius 2 is 1.86 bits per heavy atom. The SMILES string of the molecule is COc1ccc(CCC2(C3CCCC3)CC(=O)C(Sc3n[nH]c(-c4ccncc4)n3)C(=O)O2)cc1. The third-order valence-corrected chi connectivity index (χ3v) is 8.11. The Balaban J connectivity index is 1.30. The molecule has 1 saturated heterocycles. The van der Waals surface area contributed by atoms with Gasteiger partial charge in [-0.25, -0.2) is 4.98 Å². The molecule has 8 nitrogen and oxygen atoms in total. The Hall–Kier alpha value is -3.20. The molecule has 0 amide bonds. The van der Waals surface area contributed by atoms with E-state index in [-0.39, 0.29) is 18.1 Å². The number of carbonyl (C=O) groups excluding carboxylic acids is 2. The number of benzene rings is 1. The number of hydrogen-bond donors (Lipinski definition) is 1. The Labute approximate surface area is 208 Å². The molecule has 3 heterocycles. The summed E-state index contributed by atoms with van der Waals surface area (Å²) in [6.45, 7) is 0. The summed E-state index contributed by atoms with van der Waals surface area (Å²) in [7, 11) is 1.64. The highest BCUT2D eigenvalue weighted by Crippen LogP contribution is 2.45. The number of thioether (sulfide) groups is 1. The van der Waals surface area contributed by atoms with Crippen molar-refractivity contribution in [2.75, 3.05) is 7.11 Å². The standard InChI is InChI=1S/C26H28N4O4S/c1-33-20-8-6-17(7-9-20)10-13-26(19-4-2-3-5-19)16-21(31)22(24(32)34-26)35-25-28-23(29-30-25)18-11-14-27-15-12-18/h6-9,11-12,14-15,19,22H,2-5,10,13,16H2,1H3,(H,28,29,30). The summed E-state index contributed by atoms with van der Waals surface area (Å²) in [6.07, 6.45) is 9.11. The third kappa shape index (κ3) is 5.10. The minimum Gasteiger partial charge on any atom is -0.497 e. The maximum Gasteiger partial charge on any atom is 0.327 e. The number of rotatable bonds is 8. The molecular formula is C26H28N4O4S. The molecule has 182 valence electrons. The molecule has 3 aromatic rings. The van der Waals surface area contributed by atoms with Crippen molar-refractivity contribution in [1.29, 1.82) is 0 Å². The molecule has 1 aromatic carbocycles. The number of H-pyrrole nitrogens is 1. The first-order valence-corrected chi connectivity index (χ1v) is 12.8. The normalized spacial score (nSPS) is 22.8. The highest BCUT2D eigenvalue weighted by atomic mass is 32.2. The van der Waals surface area contributed by atoms with E-state index in [0.29, 0.717) is 17.4 Å². The van der Waals surface area contributed by atoms with Gasteiger partial charge in [0.15, 0.2) is 16.9 Å². The molecule has 9 heteroatoms. The number of aryl methyl sites for hydroxylation is 1. The minimum absolute atomic E-state index is 0.108. The van der Waals surface area contributed by atoms with Gasteiger partial charge in [0.2, 0.25) is 5.16 Å². The molecule has 1 aliphatic heterocycles. The fourth-order valence-electron chi connectivity index (χ4n) is 5.14. The summed E-state index contributed by atoms with van der Waals surface area (Å²) in [5, 5.41) is 6.46. The van der Waals surface area contributed by atoms with E-state index in [1.54, 1.807) is 19.5 Å². The minimum atomic E-state index is -0.952. The second-order valence-corrected chi connectivity index (χ2v) is 10.2. The molecular weight excluding hydrogens is 464 g/mol. The molecule has 35 heavy (non-hydrogen) atoms. The molecule has 2 aliphatic rings. The second-order valence-electron chi connectivity index (χ2n) is 9.16. The number of pyridine rings is 1. The number of nitrogens with one attached hydrogen (secondary N) is 1. The Morgan fingerprint density at radius 3 is 2.54 bits per heavy atom. The van der Waals surface area contributed by atoms with Crippen molar-refractivity contribution < 1.29 is 19.1 Å². The summed E-state index contributed by atoms with van der Waals surface area (Å²) >= 11 is 1.05. The van der Waals surface area contributed by atoms with Crippen molar-refractivity contribution in [3.05, 3.63) is 54.4 Å². The Morgan fingerprint density at radius 1 is 1.11 bits per heavy atom. The topological polar surface area (TPSA) is 107 Å². The lowest BCUT2D eigenvalue weighted by atomic mass is 9.76. The summed E-state index contributed by atoms with van der Waals surface area (Å²) in [5.74, 6) is 0.983. The van der Waals surface area contributed by atoms with Crippen LogP contribution in [0.3, 0.4) is 0 Å². The van der Waals surface area contributed by atoms with Crippen molar-refractivity contribution in [2.24, 2.45) is 5.92 Å². The fourth-order valence-corrected chi connectivity index (χ4v) is 5.95. The number of Topliss-reactive ketones (excluding diaryl/α,β-unsaturated/α-hetero) is 1. The number of aromatic nitrogens is 4. The molecule has 1 aliphatic carbocycles. The van der Waals surface area contributed by atoms with E-state index >= 15 is 0 Å². The quantitative estimate of drug-likeness (QED) is 0.364. The van der Waals surface area contributed by atoms with Crippen molar-refractivity contribution in [3.8, 4) is 17.1 Å². The maximum absolute atomic E-state index is 13.3. The van der Waals surface area contributed by atoms with Gasteiger partial charge >= 0.3 is 5.97 Å². The van der Waals surface area contributed by atoms with Gasteiger partial charge in [-0.2, -0.15) is 0 Å². The number of nitrogens with zero attached hydrogens (tertiary/aromatic N) is 3. The molecule has 0 spiro atoms. The van der Waals surface area contributed by atoms with Crippen LogP contribution in [-0.4, -0.2) is 49.9 Å². The van der Waals surface area contributed by atoms with Gasteiger partial charge in [0, 0.05) is 24.4 Å². The zero-order chi connectivity index (χ0) is 24.3. The fraction of sp³-hybridized carbons (Fsp3) is 0.423. The summed E-state index contributed by atoms with van der Waals surface area (Å²) in [6, 6.07) is 11.5. The molecule has 2 aromatic heterocycles. The number of hydrogen-bond acceptors (Lipinski definition) is 8. The molecule has 2 fully saturated rings. The molecule has 2 atom stereocenters. The van der Waals surface area contributed by atoms with Gasteiger partial charge in [-0.1, -0.05) is 36.7 Å². The van der Waals surface area contributed by atoms with Crippen molar-refractivity contribution in [2.45, 2.75) is 61.0 Å². The smallest absolute Gasteiger partial charge is 0.327 e. The largest absolute Gasteiger partial charge is 0.497 e. The van der Waals surface area contributed by atoms with Crippen molar-refractivity contribution in [1.82, 2.24) is 20.2 Å². The van der Waals surface area contributed by atoms with Gasteiger partial charge in [0.1, 0.15) is 11.4 Å². The average molecular weight is 493 g/mol. The predicted molar refractivity (Wildman–Crippen MR) is 131 cm³/mol. The lowest BCUT2D eigenvalue weighted by Crippen LogP contribution is -2.53. The summed E-state index contributed by atoms with van der Waals surface area (Å²) < 4.78 is 11.4. The van der Waals surface area contributed by atoms with Crippen molar-refractivity contribution >= 4 is 23.5 Å². The zero-order valence-corrected chi connectivity index (χ0v) is 20.4. The van der Waals surface area contributed by atoms with Gasteiger partial charge in [0.25, 0.3) is 0 Å². The highest BCUT2D eigenvalue weighted by molar-refractivity contribution is 8.01. The van der Waals surface area contributed by atoms with Crippen molar-refractivity contribution in [3.63, 3.8) is 0 Å². The van der Waals surface area contributed by atoms with E-state index in [2.05, 4.69) is 20.2 Å². The number of carbonyl (C=O) groups is 2. The van der Waals surface area contributed by atoms with E-state index < -0.39 is 16.8 Å². The van der Waals surface area contributed by atoms with Crippen LogP contribution < -0.4 is 4.74 Å². The first-order valence-electron chi connectivity index (χ1n) is 11.9. The first kappa shape index (κ1) is 23.5. The molecule has 1 N–H and O–H groups in total. The van der Waals surface area contributed by atoms with E-state index in [9.17, 15) is 9.59 Å². The molecule has 1 saturated carbocycles. The summed E-state index contributed by atoms with van der Waals surface area (Å²) in [5.41, 5.74) is 1.21. The highest BCUT2D eigenvalue weighted by Gasteiger charge is 2.52. The number of cyclic esters (lactones) is 1. The lowest BCUT2D eigenvalue weighted by Gasteiger charge is -2.42. The third-order valence-electron chi connectivity index (χ3n) is 7.02. The van der Waals surface area contributed by atoms with Crippen LogP contribution in [-0.2, 0) is 20.7 Å². The van der Waals surface area contributed by atoms with E-state index in [1.807, 2.05) is 36.4 Å². The van der Waals surface area contributed by atoms with E-state index in [4.69, 9.17) is 9.47 Å². The van der Waals surface area contributed by atoms with Crippen LogP contribution in [0.15, 0.2) is 53.9 Å². The van der Waals surface area contributed by atoms with Crippen LogP contribution >= 0.6 is 11.8 Å². The maximum atomic E-state index is 13.3. The predicted octanol–water partition coefficient (Wildman–Crippen LogP) is 4.41. The molecule has 0 radical (unpaired) electrons. The van der Waals surface area contributed by atoms with E-state index in [1.165, 1.54) is 0 Å². The average Bonchev–Trinajstić information content (AvgIpc) is 3.59. The number of ether oxygens (including phenoxy) is 2. The van der Waals surface area contributed by atoms with Gasteiger partial charge in [-0.05, 0) is 61.4 Å². The molecule has 5 rings (SSSR count). The number of aromatic amines is 1. The number of methoxy groups -OCH3 is 1. The van der Waals surface area contributed by atoms with Gasteiger partial charge < -0.3 is 9.47 Å². The van der Waals surface area contributed by atoms with Crippen LogP contribution in [0.4, 0.5) is 0 Å².